The van der Waals surface area contributed by atoms with Gasteiger partial charge in [-0.2, -0.15) is 4.98 Å². The van der Waals surface area contributed by atoms with Gasteiger partial charge < -0.3 is 19.9 Å². The number of benzene rings is 1. The number of likely N-dealkylation sites (N-methyl/N-ethyl adjacent to an activating group) is 1. The van der Waals surface area contributed by atoms with Gasteiger partial charge in [0.15, 0.2) is 0 Å². The van der Waals surface area contributed by atoms with Crippen LogP contribution < -0.4 is 5.73 Å². The summed E-state index contributed by atoms with van der Waals surface area (Å²) in [5.41, 5.74) is 7.00. The van der Waals surface area contributed by atoms with Gasteiger partial charge in [-0.05, 0) is 19.2 Å². The maximum atomic E-state index is 5.99. The van der Waals surface area contributed by atoms with E-state index in [0.717, 1.165) is 13.1 Å². The molecule has 1 atom stereocenters. The van der Waals surface area contributed by atoms with Gasteiger partial charge >= 0.3 is 0 Å². The Kier molecular flexibility index (Phi) is 3.60. The molecule has 3 rings (SSSR count). The highest BCUT2D eigenvalue weighted by Gasteiger charge is 2.25. The summed E-state index contributed by atoms with van der Waals surface area (Å²) in [4.78, 5) is 6.54. The minimum Gasteiger partial charge on any atom is -0.397 e. The van der Waals surface area contributed by atoms with Crippen LogP contribution in [0, 0.1) is 0 Å². The Balaban J connectivity index is 1.88. The van der Waals surface area contributed by atoms with Gasteiger partial charge in [0, 0.05) is 13.1 Å². The third-order valence-electron chi connectivity index (χ3n) is 3.28. The van der Waals surface area contributed by atoms with E-state index in [1.165, 1.54) is 0 Å². The summed E-state index contributed by atoms with van der Waals surface area (Å²) in [6.07, 6.45) is -0.174. The van der Waals surface area contributed by atoms with Gasteiger partial charge in [-0.15, -0.1) is 0 Å². The molecule has 0 spiro atoms. The number of para-hydroxylation sites is 1. The minimum atomic E-state index is -0.174. The molecule has 1 unspecified atom stereocenters. The zero-order valence-electron chi connectivity index (χ0n) is 11.0. The number of nitrogens with two attached hydrogens (primary N) is 1. The molecule has 20 heavy (non-hydrogen) atoms. The van der Waals surface area contributed by atoms with Crippen molar-refractivity contribution in [1.82, 2.24) is 15.0 Å². The number of ether oxygens (including phenoxy) is 1. The molecule has 0 amide bonds. The van der Waals surface area contributed by atoms with Crippen LogP contribution in [0.2, 0.25) is 5.02 Å². The first kappa shape index (κ1) is 13.4. The lowest BCUT2D eigenvalue weighted by atomic mass is 10.2. The van der Waals surface area contributed by atoms with Crippen molar-refractivity contribution < 1.29 is 9.26 Å². The fraction of sp³-hybridized carbons (Fsp3) is 0.385. The van der Waals surface area contributed by atoms with E-state index in [2.05, 4.69) is 15.0 Å². The molecule has 0 saturated carbocycles. The van der Waals surface area contributed by atoms with Gasteiger partial charge in [-0.3, -0.25) is 0 Å². The summed E-state index contributed by atoms with van der Waals surface area (Å²) in [7, 11) is 2.03. The lowest BCUT2D eigenvalue weighted by Gasteiger charge is -2.27. The molecule has 0 bridgehead atoms. The highest BCUT2D eigenvalue weighted by molar-refractivity contribution is 6.33. The molecule has 1 aromatic carbocycles. The van der Waals surface area contributed by atoms with Crippen molar-refractivity contribution >= 4 is 17.3 Å². The van der Waals surface area contributed by atoms with E-state index in [1.807, 2.05) is 7.05 Å². The second-order valence-corrected chi connectivity index (χ2v) is 5.19. The predicted molar refractivity (Wildman–Crippen MR) is 75.3 cm³/mol. The number of halogens is 1. The minimum absolute atomic E-state index is 0.174. The molecule has 1 aromatic heterocycles. The number of rotatable bonds is 2. The highest BCUT2D eigenvalue weighted by Crippen LogP contribution is 2.31. The van der Waals surface area contributed by atoms with Crippen LogP contribution in [0.1, 0.15) is 11.9 Å². The Morgan fingerprint density at radius 1 is 1.45 bits per heavy atom. The maximum absolute atomic E-state index is 5.99. The molecule has 1 aliphatic rings. The van der Waals surface area contributed by atoms with Crippen molar-refractivity contribution in [3.8, 4) is 11.5 Å². The monoisotopic (exact) mass is 294 g/mol. The summed E-state index contributed by atoms with van der Waals surface area (Å²) in [6, 6.07) is 5.31. The Morgan fingerprint density at radius 3 is 3.10 bits per heavy atom. The first-order valence-electron chi connectivity index (χ1n) is 6.33. The predicted octanol–water partition coefficient (Wildman–Crippen LogP) is 1.98. The average Bonchev–Trinajstić information content (AvgIpc) is 2.91. The van der Waals surface area contributed by atoms with Gasteiger partial charge in [0.1, 0.15) is 6.10 Å². The normalized spacial score (nSPS) is 20.2. The molecular weight excluding hydrogens is 280 g/mol. The number of hydrogen-bond acceptors (Lipinski definition) is 6. The van der Waals surface area contributed by atoms with Gasteiger partial charge in [-0.25, -0.2) is 0 Å². The summed E-state index contributed by atoms with van der Waals surface area (Å²) < 4.78 is 10.9. The van der Waals surface area contributed by atoms with Gasteiger partial charge in [-0.1, -0.05) is 22.8 Å². The first-order valence-corrected chi connectivity index (χ1v) is 6.71. The third kappa shape index (κ3) is 2.49. The lowest BCUT2D eigenvalue weighted by Crippen LogP contribution is -2.35. The standard InChI is InChI=1S/C13H15ClN4O2/c1-18-5-6-19-10(7-18)12-16-13(20-17-12)8-3-2-4-9(14)11(8)15/h2-4,10H,5-7,15H2,1H3. The summed E-state index contributed by atoms with van der Waals surface area (Å²) >= 11 is 5.99. The second kappa shape index (κ2) is 5.40. The zero-order valence-corrected chi connectivity index (χ0v) is 11.8. The molecule has 2 N–H and O–H groups in total. The molecule has 6 nitrogen and oxygen atoms in total. The van der Waals surface area contributed by atoms with Crippen molar-refractivity contribution in [1.29, 1.82) is 0 Å². The first-order chi connectivity index (χ1) is 9.65. The quantitative estimate of drug-likeness (QED) is 0.853. The van der Waals surface area contributed by atoms with Gasteiger partial charge in [0.05, 0.1) is 22.9 Å². The smallest absolute Gasteiger partial charge is 0.260 e. The van der Waals surface area contributed by atoms with E-state index in [9.17, 15) is 0 Å². The van der Waals surface area contributed by atoms with E-state index in [4.69, 9.17) is 26.6 Å². The molecule has 106 valence electrons. The molecule has 1 fully saturated rings. The molecule has 0 radical (unpaired) electrons. The number of nitrogen functional groups attached to an aromatic ring is 1. The largest absolute Gasteiger partial charge is 0.397 e. The van der Waals surface area contributed by atoms with E-state index in [1.54, 1.807) is 18.2 Å². The van der Waals surface area contributed by atoms with Crippen molar-refractivity contribution in [3.63, 3.8) is 0 Å². The third-order valence-corrected chi connectivity index (χ3v) is 3.61. The van der Waals surface area contributed by atoms with Crippen LogP contribution in [0.5, 0.6) is 0 Å². The fourth-order valence-electron chi connectivity index (χ4n) is 2.13. The number of aromatic nitrogens is 2. The molecule has 1 aliphatic heterocycles. The number of anilines is 1. The van der Waals surface area contributed by atoms with Crippen molar-refractivity contribution in [3.05, 3.63) is 29.0 Å². The highest BCUT2D eigenvalue weighted by atomic mass is 35.5. The molecule has 1 saturated heterocycles. The molecule has 0 aliphatic carbocycles. The topological polar surface area (TPSA) is 77.4 Å². The molecule has 7 heteroatoms. The number of nitrogens with zero attached hydrogens (tertiary/aromatic N) is 3. The average molecular weight is 295 g/mol. The van der Waals surface area contributed by atoms with Gasteiger partial charge in [0.25, 0.3) is 5.89 Å². The summed E-state index contributed by atoms with van der Waals surface area (Å²) in [5, 5.41) is 4.45. The van der Waals surface area contributed by atoms with Crippen molar-refractivity contribution in [2.24, 2.45) is 0 Å². The Bertz CT molecular complexity index is 616. The van der Waals surface area contributed by atoms with Crippen LogP contribution >= 0.6 is 11.6 Å². The van der Waals surface area contributed by atoms with E-state index >= 15 is 0 Å². The Hall–Kier alpha value is -1.63. The lowest BCUT2D eigenvalue weighted by molar-refractivity contribution is -0.0264. The Morgan fingerprint density at radius 2 is 2.30 bits per heavy atom. The molecular formula is C13H15ClN4O2. The van der Waals surface area contributed by atoms with Gasteiger partial charge in [0.2, 0.25) is 5.82 Å². The van der Waals surface area contributed by atoms with Crippen molar-refractivity contribution in [2.75, 3.05) is 32.5 Å². The summed E-state index contributed by atoms with van der Waals surface area (Å²) in [6.45, 7) is 2.30. The van der Waals surface area contributed by atoms with Crippen LogP contribution in [0.4, 0.5) is 5.69 Å². The van der Waals surface area contributed by atoms with Crippen LogP contribution in [-0.4, -0.2) is 41.8 Å². The Labute approximate surface area is 121 Å². The maximum Gasteiger partial charge on any atom is 0.260 e. The van der Waals surface area contributed by atoms with Crippen LogP contribution in [0.15, 0.2) is 22.7 Å². The van der Waals surface area contributed by atoms with Crippen LogP contribution in [-0.2, 0) is 4.74 Å². The van der Waals surface area contributed by atoms with E-state index in [0.29, 0.717) is 34.6 Å². The zero-order chi connectivity index (χ0) is 14.1. The van der Waals surface area contributed by atoms with E-state index < -0.39 is 0 Å². The molecule has 2 heterocycles. The van der Waals surface area contributed by atoms with Crippen LogP contribution in [0.25, 0.3) is 11.5 Å². The SMILES string of the molecule is CN1CCOC(c2noc(-c3cccc(Cl)c3N)n2)C1. The fourth-order valence-corrected chi connectivity index (χ4v) is 2.31. The second-order valence-electron chi connectivity index (χ2n) is 4.78. The number of morpholine rings is 1. The van der Waals surface area contributed by atoms with Crippen LogP contribution in [0.3, 0.4) is 0 Å². The summed E-state index contributed by atoms with van der Waals surface area (Å²) in [5.74, 6) is 0.891. The molecule has 2 aromatic rings. The number of hydrogen-bond donors (Lipinski definition) is 1. The van der Waals surface area contributed by atoms with Crippen molar-refractivity contribution in [2.45, 2.75) is 6.10 Å². The van der Waals surface area contributed by atoms with E-state index in [-0.39, 0.29) is 6.10 Å².